The van der Waals surface area contributed by atoms with Crippen molar-refractivity contribution >= 4 is 18.0 Å². The van der Waals surface area contributed by atoms with Gasteiger partial charge in [0.1, 0.15) is 12.2 Å². The molecular formula is C24H35N3O5. The Morgan fingerprint density at radius 3 is 2.22 bits per heavy atom. The van der Waals surface area contributed by atoms with Gasteiger partial charge in [0.15, 0.2) is 0 Å². The van der Waals surface area contributed by atoms with E-state index in [1.807, 2.05) is 51.1 Å². The number of nitrogens with zero attached hydrogens (tertiary/aromatic N) is 2. The molecule has 0 radical (unpaired) electrons. The maximum Gasteiger partial charge on any atom is 0.410 e. The highest BCUT2D eigenvalue weighted by atomic mass is 16.6. The molecule has 1 aromatic carbocycles. The number of rotatable bonds is 4. The van der Waals surface area contributed by atoms with Gasteiger partial charge in [-0.25, -0.2) is 4.79 Å². The van der Waals surface area contributed by atoms with Gasteiger partial charge in [0.05, 0.1) is 12.1 Å². The van der Waals surface area contributed by atoms with Gasteiger partial charge in [-0.1, -0.05) is 30.3 Å². The zero-order valence-electron chi connectivity index (χ0n) is 19.3. The van der Waals surface area contributed by atoms with E-state index in [0.29, 0.717) is 45.3 Å². The van der Waals surface area contributed by atoms with Crippen LogP contribution in [0, 0.1) is 11.8 Å². The zero-order valence-corrected chi connectivity index (χ0v) is 19.3. The average molecular weight is 446 g/mol. The fraction of sp³-hybridized carbons (Fsp3) is 0.625. The lowest BCUT2D eigenvalue weighted by Gasteiger charge is -2.40. The number of amides is 2. The molecule has 0 unspecified atom stereocenters. The van der Waals surface area contributed by atoms with Crippen LogP contribution in [0.1, 0.15) is 52.0 Å². The molecule has 2 fully saturated rings. The summed E-state index contributed by atoms with van der Waals surface area (Å²) in [5, 5.41) is 0. The highest BCUT2D eigenvalue weighted by molar-refractivity contribution is 5.80. The second-order valence-corrected chi connectivity index (χ2v) is 9.66. The molecule has 32 heavy (non-hydrogen) atoms. The molecule has 1 aromatic rings. The number of likely N-dealkylation sites (tertiary alicyclic amines) is 2. The fourth-order valence-electron chi connectivity index (χ4n) is 4.22. The Kier molecular flexibility index (Phi) is 7.77. The van der Waals surface area contributed by atoms with E-state index in [4.69, 9.17) is 15.2 Å². The van der Waals surface area contributed by atoms with Gasteiger partial charge in [-0.15, -0.1) is 0 Å². The molecule has 0 spiro atoms. The standard InChI is InChI=1S/C24H35N3O5/c1-24(2,3)32-22(29)19-11-14-27(20(25)15-19)21(28)18-9-12-26(13-10-18)23(30)31-16-17-7-5-4-6-8-17/h4-8,18-20H,9-16,25H2,1-3H3/t19-,20+/m1/s1. The second-order valence-electron chi connectivity index (χ2n) is 9.66. The Labute approximate surface area is 190 Å². The third-order valence-electron chi connectivity index (χ3n) is 5.98. The van der Waals surface area contributed by atoms with Crippen molar-refractivity contribution in [3.63, 3.8) is 0 Å². The predicted molar refractivity (Wildman–Crippen MR) is 119 cm³/mol. The molecule has 2 heterocycles. The lowest BCUT2D eigenvalue weighted by Crippen LogP contribution is -2.55. The van der Waals surface area contributed by atoms with Gasteiger partial charge in [-0.05, 0) is 52.0 Å². The molecule has 0 bridgehead atoms. The van der Waals surface area contributed by atoms with E-state index >= 15 is 0 Å². The van der Waals surface area contributed by atoms with Crippen molar-refractivity contribution in [1.82, 2.24) is 9.80 Å². The Balaban J connectivity index is 1.44. The minimum Gasteiger partial charge on any atom is -0.460 e. The highest BCUT2D eigenvalue weighted by Crippen LogP contribution is 2.28. The van der Waals surface area contributed by atoms with Crippen LogP contribution < -0.4 is 5.73 Å². The van der Waals surface area contributed by atoms with Crippen LogP contribution in [0.4, 0.5) is 4.79 Å². The highest BCUT2D eigenvalue weighted by Gasteiger charge is 2.38. The topological polar surface area (TPSA) is 102 Å². The monoisotopic (exact) mass is 445 g/mol. The number of piperidine rings is 2. The maximum absolute atomic E-state index is 13.1. The van der Waals surface area contributed by atoms with Gasteiger partial charge in [0, 0.05) is 25.6 Å². The van der Waals surface area contributed by atoms with E-state index in [9.17, 15) is 14.4 Å². The number of hydrogen-bond donors (Lipinski definition) is 1. The van der Waals surface area contributed by atoms with Gasteiger partial charge in [0.2, 0.25) is 5.91 Å². The third kappa shape index (κ3) is 6.45. The Bertz CT molecular complexity index is 800. The molecule has 2 aliphatic rings. The molecule has 8 nitrogen and oxygen atoms in total. The van der Waals surface area contributed by atoms with Crippen molar-refractivity contribution in [3.05, 3.63) is 35.9 Å². The first-order valence-corrected chi connectivity index (χ1v) is 11.4. The number of carbonyl (C=O) groups excluding carboxylic acids is 3. The molecule has 0 aliphatic carbocycles. The molecule has 3 rings (SSSR count). The van der Waals surface area contributed by atoms with Crippen LogP contribution in [0.25, 0.3) is 0 Å². The third-order valence-corrected chi connectivity index (χ3v) is 5.98. The second kappa shape index (κ2) is 10.3. The molecule has 2 amide bonds. The van der Waals surface area contributed by atoms with Gasteiger partial charge >= 0.3 is 12.1 Å². The first-order valence-electron chi connectivity index (χ1n) is 11.4. The summed E-state index contributed by atoms with van der Waals surface area (Å²) in [6.07, 6.45) is 1.28. The van der Waals surface area contributed by atoms with Gasteiger partial charge in [-0.3, -0.25) is 9.59 Å². The number of benzene rings is 1. The normalized spacial score (nSPS) is 22.4. The summed E-state index contributed by atoms with van der Waals surface area (Å²) in [6, 6.07) is 9.54. The van der Waals surface area contributed by atoms with Crippen molar-refractivity contribution in [1.29, 1.82) is 0 Å². The summed E-state index contributed by atoms with van der Waals surface area (Å²) in [5.41, 5.74) is 6.66. The summed E-state index contributed by atoms with van der Waals surface area (Å²) in [6.45, 7) is 7.17. The molecule has 0 saturated carbocycles. The summed E-state index contributed by atoms with van der Waals surface area (Å²) in [4.78, 5) is 41.1. The predicted octanol–water partition coefficient (Wildman–Crippen LogP) is 2.90. The molecule has 2 N–H and O–H groups in total. The van der Waals surface area contributed by atoms with Gasteiger partial charge < -0.3 is 25.0 Å². The van der Waals surface area contributed by atoms with Crippen molar-refractivity contribution in [2.45, 2.75) is 64.8 Å². The van der Waals surface area contributed by atoms with E-state index in [-0.39, 0.29) is 36.4 Å². The smallest absolute Gasteiger partial charge is 0.410 e. The summed E-state index contributed by atoms with van der Waals surface area (Å²) < 4.78 is 10.9. The minimum atomic E-state index is -0.537. The molecule has 8 heteroatoms. The van der Waals surface area contributed by atoms with E-state index in [2.05, 4.69) is 0 Å². The molecular weight excluding hydrogens is 410 g/mol. The Morgan fingerprint density at radius 2 is 1.62 bits per heavy atom. The largest absolute Gasteiger partial charge is 0.460 e. The van der Waals surface area contributed by atoms with Crippen LogP contribution in [-0.2, 0) is 25.7 Å². The number of hydrogen-bond acceptors (Lipinski definition) is 6. The van der Waals surface area contributed by atoms with Gasteiger partial charge in [-0.2, -0.15) is 0 Å². The molecule has 2 atom stereocenters. The summed E-state index contributed by atoms with van der Waals surface area (Å²) in [7, 11) is 0. The minimum absolute atomic E-state index is 0.0115. The quantitative estimate of drug-likeness (QED) is 0.715. The molecule has 2 saturated heterocycles. The van der Waals surface area contributed by atoms with Crippen LogP contribution in [0.5, 0.6) is 0 Å². The van der Waals surface area contributed by atoms with Crippen LogP contribution in [0.3, 0.4) is 0 Å². The van der Waals surface area contributed by atoms with E-state index < -0.39 is 11.8 Å². The number of esters is 1. The van der Waals surface area contributed by atoms with Crippen molar-refractivity contribution in [2.24, 2.45) is 17.6 Å². The lowest BCUT2D eigenvalue weighted by atomic mass is 9.90. The Hall–Kier alpha value is -2.61. The Morgan fingerprint density at radius 1 is 1.00 bits per heavy atom. The SMILES string of the molecule is CC(C)(C)OC(=O)[C@@H]1CCN(C(=O)C2CCN(C(=O)OCc3ccccc3)CC2)[C@H](N)C1. The zero-order chi connectivity index (χ0) is 23.3. The van der Waals surface area contributed by atoms with E-state index in [1.54, 1.807) is 9.80 Å². The van der Waals surface area contributed by atoms with Crippen molar-refractivity contribution in [2.75, 3.05) is 19.6 Å². The van der Waals surface area contributed by atoms with Crippen molar-refractivity contribution in [3.8, 4) is 0 Å². The summed E-state index contributed by atoms with van der Waals surface area (Å²) >= 11 is 0. The van der Waals surface area contributed by atoms with Gasteiger partial charge in [0.25, 0.3) is 0 Å². The van der Waals surface area contributed by atoms with Crippen molar-refractivity contribution < 1.29 is 23.9 Å². The first kappa shape index (κ1) is 24.0. The molecule has 0 aromatic heterocycles. The average Bonchev–Trinajstić information content (AvgIpc) is 2.76. The first-order chi connectivity index (χ1) is 15.1. The number of carbonyl (C=O) groups is 3. The van der Waals surface area contributed by atoms with Crippen LogP contribution >= 0.6 is 0 Å². The van der Waals surface area contributed by atoms with E-state index in [1.165, 1.54) is 0 Å². The number of nitrogens with two attached hydrogens (primary N) is 1. The molecule has 2 aliphatic heterocycles. The fourth-order valence-corrected chi connectivity index (χ4v) is 4.22. The van der Waals surface area contributed by atoms with Crippen LogP contribution in [0.2, 0.25) is 0 Å². The number of ether oxygens (including phenoxy) is 2. The van der Waals surface area contributed by atoms with Crippen LogP contribution in [0.15, 0.2) is 30.3 Å². The molecule has 176 valence electrons. The van der Waals surface area contributed by atoms with E-state index in [0.717, 1.165) is 5.56 Å². The lowest BCUT2D eigenvalue weighted by molar-refractivity contribution is -0.164. The van der Waals surface area contributed by atoms with Crippen LogP contribution in [-0.4, -0.2) is 59.2 Å². The summed E-state index contributed by atoms with van der Waals surface area (Å²) in [5.74, 6) is -0.688. The maximum atomic E-state index is 13.1.